The van der Waals surface area contributed by atoms with Crippen molar-refractivity contribution in [1.29, 1.82) is 5.26 Å². The van der Waals surface area contributed by atoms with Gasteiger partial charge in [0.2, 0.25) is 0 Å². The molecule has 88 valence electrons. The van der Waals surface area contributed by atoms with Crippen LogP contribution >= 0.6 is 11.6 Å². The van der Waals surface area contributed by atoms with Gasteiger partial charge in [0.15, 0.2) is 0 Å². The molecule has 0 fully saturated rings. The molecule has 3 nitrogen and oxygen atoms in total. The van der Waals surface area contributed by atoms with Crippen LogP contribution in [0.3, 0.4) is 0 Å². The molecule has 0 saturated heterocycles. The van der Waals surface area contributed by atoms with Crippen LogP contribution in [0.25, 0.3) is 0 Å². The molecule has 0 aromatic carbocycles. The SMILES string of the molecule is Cc1nn(CCCC(C)(C)C#N)c(C)c1Cl. The van der Waals surface area contributed by atoms with Gasteiger partial charge in [-0.3, -0.25) is 4.68 Å². The summed E-state index contributed by atoms with van der Waals surface area (Å²) in [6.07, 6.45) is 1.82. The van der Waals surface area contributed by atoms with E-state index in [-0.39, 0.29) is 5.41 Å². The summed E-state index contributed by atoms with van der Waals surface area (Å²) >= 11 is 6.06. The molecule has 0 spiro atoms. The summed E-state index contributed by atoms with van der Waals surface area (Å²) in [6.45, 7) is 8.62. The fourth-order valence-electron chi connectivity index (χ4n) is 1.62. The van der Waals surface area contributed by atoms with Gasteiger partial charge in [0.1, 0.15) is 0 Å². The first-order valence-electron chi connectivity index (χ1n) is 5.48. The third kappa shape index (κ3) is 2.99. The van der Waals surface area contributed by atoms with Gasteiger partial charge in [-0.05, 0) is 40.5 Å². The lowest BCUT2D eigenvalue weighted by atomic mass is 9.90. The van der Waals surface area contributed by atoms with Crippen molar-refractivity contribution in [1.82, 2.24) is 9.78 Å². The molecule has 0 aliphatic carbocycles. The average Bonchev–Trinajstić information content (AvgIpc) is 2.46. The van der Waals surface area contributed by atoms with Crippen LogP contribution in [-0.2, 0) is 6.54 Å². The first-order chi connectivity index (χ1) is 7.37. The smallest absolute Gasteiger partial charge is 0.0844 e. The van der Waals surface area contributed by atoms with Crippen LogP contribution < -0.4 is 0 Å². The molecule has 1 heterocycles. The van der Waals surface area contributed by atoms with Crippen molar-refractivity contribution >= 4 is 11.6 Å². The third-order valence-corrected chi connectivity index (χ3v) is 3.31. The number of hydrogen-bond acceptors (Lipinski definition) is 2. The Morgan fingerprint density at radius 1 is 1.44 bits per heavy atom. The van der Waals surface area contributed by atoms with E-state index in [0.717, 1.165) is 35.8 Å². The van der Waals surface area contributed by atoms with E-state index in [1.807, 2.05) is 32.4 Å². The fraction of sp³-hybridized carbons (Fsp3) is 0.667. The average molecular weight is 240 g/mol. The number of rotatable bonds is 4. The van der Waals surface area contributed by atoms with E-state index in [1.165, 1.54) is 0 Å². The summed E-state index contributed by atoms with van der Waals surface area (Å²) in [5, 5.41) is 14.0. The van der Waals surface area contributed by atoms with Crippen molar-refractivity contribution in [3.8, 4) is 6.07 Å². The van der Waals surface area contributed by atoms with Gasteiger partial charge in [0.05, 0.1) is 27.9 Å². The standard InChI is InChI=1S/C12H18ClN3/c1-9-11(13)10(2)16(15-9)7-5-6-12(3,4)8-14/h5-7H2,1-4H3. The number of hydrogen-bond donors (Lipinski definition) is 0. The maximum atomic E-state index is 8.90. The zero-order valence-electron chi connectivity index (χ0n) is 10.3. The van der Waals surface area contributed by atoms with Crippen LogP contribution in [0.15, 0.2) is 0 Å². The van der Waals surface area contributed by atoms with Gasteiger partial charge in [-0.15, -0.1) is 0 Å². The molecular formula is C12H18ClN3. The zero-order valence-corrected chi connectivity index (χ0v) is 11.1. The Bertz CT molecular complexity index is 413. The molecule has 1 aromatic rings. The Kier molecular flexibility index (Phi) is 3.98. The van der Waals surface area contributed by atoms with Crippen LogP contribution in [0.1, 0.15) is 38.1 Å². The highest BCUT2D eigenvalue weighted by atomic mass is 35.5. The summed E-state index contributed by atoms with van der Waals surface area (Å²) in [4.78, 5) is 0. The Labute approximate surface area is 102 Å². The van der Waals surface area contributed by atoms with Gasteiger partial charge in [-0.25, -0.2) is 0 Å². The molecule has 0 N–H and O–H groups in total. The lowest BCUT2D eigenvalue weighted by molar-refractivity contribution is 0.404. The highest BCUT2D eigenvalue weighted by Crippen LogP contribution is 2.23. The molecule has 0 aliphatic heterocycles. The lowest BCUT2D eigenvalue weighted by Crippen LogP contribution is -2.10. The van der Waals surface area contributed by atoms with Crippen molar-refractivity contribution in [3.05, 3.63) is 16.4 Å². The van der Waals surface area contributed by atoms with E-state index in [0.29, 0.717) is 0 Å². The first kappa shape index (κ1) is 13.1. The molecular weight excluding hydrogens is 222 g/mol. The molecule has 1 aromatic heterocycles. The number of aryl methyl sites for hydroxylation is 2. The largest absolute Gasteiger partial charge is 0.268 e. The van der Waals surface area contributed by atoms with E-state index in [9.17, 15) is 0 Å². The number of halogens is 1. The Morgan fingerprint density at radius 2 is 2.06 bits per heavy atom. The predicted octanol–water partition coefficient (Wildman–Crippen LogP) is 3.48. The Morgan fingerprint density at radius 3 is 2.50 bits per heavy atom. The van der Waals surface area contributed by atoms with Crippen molar-refractivity contribution in [2.45, 2.75) is 47.1 Å². The van der Waals surface area contributed by atoms with Crippen molar-refractivity contribution in [2.24, 2.45) is 5.41 Å². The second kappa shape index (κ2) is 4.88. The van der Waals surface area contributed by atoms with Crippen LogP contribution in [0.5, 0.6) is 0 Å². The Hall–Kier alpha value is -1.01. The van der Waals surface area contributed by atoms with Gasteiger partial charge in [0.25, 0.3) is 0 Å². The minimum atomic E-state index is -0.250. The minimum absolute atomic E-state index is 0.250. The maximum Gasteiger partial charge on any atom is 0.0844 e. The van der Waals surface area contributed by atoms with Crippen molar-refractivity contribution in [2.75, 3.05) is 0 Å². The molecule has 1 rings (SSSR count). The Balaban J connectivity index is 2.57. The molecule has 0 unspecified atom stereocenters. The van der Waals surface area contributed by atoms with Crippen LogP contribution in [-0.4, -0.2) is 9.78 Å². The topological polar surface area (TPSA) is 41.6 Å². The molecule has 0 amide bonds. The summed E-state index contributed by atoms with van der Waals surface area (Å²) < 4.78 is 1.92. The molecule has 0 saturated carbocycles. The second-order valence-corrected chi connectivity index (χ2v) is 5.19. The van der Waals surface area contributed by atoms with Crippen LogP contribution in [0.2, 0.25) is 5.02 Å². The highest BCUT2D eigenvalue weighted by Gasteiger charge is 2.16. The molecule has 16 heavy (non-hydrogen) atoms. The van der Waals surface area contributed by atoms with E-state index in [4.69, 9.17) is 16.9 Å². The van der Waals surface area contributed by atoms with E-state index >= 15 is 0 Å². The van der Waals surface area contributed by atoms with Gasteiger partial charge in [-0.1, -0.05) is 11.6 Å². The first-order valence-corrected chi connectivity index (χ1v) is 5.86. The van der Waals surface area contributed by atoms with E-state index in [2.05, 4.69) is 11.2 Å². The summed E-state index contributed by atoms with van der Waals surface area (Å²) in [5.74, 6) is 0. The number of aromatic nitrogens is 2. The third-order valence-electron chi connectivity index (χ3n) is 2.77. The predicted molar refractivity (Wildman–Crippen MR) is 65.3 cm³/mol. The zero-order chi connectivity index (χ0) is 12.3. The molecule has 0 bridgehead atoms. The van der Waals surface area contributed by atoms with Gasteiger partial charge >= 0.3 is 0 Å². The second-order valence-electron chi connectivity index (χ2n) is 4.81. The van der Waals surface area contributed by atoms with E-state index in [1.54, 1.807) is 0 Å². The van der Waals surface area contributed by atoms with E-state index < -0.39 is 0 Å². The quantitative estimate of drug-likeness (QED) is 0.807. The molecule has 0 atom stereocenters. The normalized spacial score (nSPS) is 11.5. The molecule has 4 heteroatoms. The van der Waals surface area contributed by atoms with Gasteiger partial charge in [0, 0.05) is 6.54 Å². The van der Waals surface area contributed by atoms with Gasteiger partial charge in [-0.2, -0.15) is 10.4 Å². The summed E-state index contributed by atoms with van der Waals surface area (Å²) in [5.41, 5.74) is 1.63. The lowest BCUT2D eigenvalue weighted by Gasteiger charge is -2.14. The van der Waals surface area contributed by atoms with Crippen molar-refractivity contribution < 1.29 is 0 Å². The molecule has 0 radical (unpaired) electrons. The minimum Gasteiger partial charge on any atom is -0.268 e. The van der Waals surface area contributed by atoms with Crippen LogP contribution in [0, 0.1) is 30.6 Å². The summed E-state index contributed by atoms with van der Waals surface area (Å²) in [7, 11) is 0. The highest BCUT2D eigenvalue weighted by molar-refractivity contribution is 6.31. The molecule has 0 aliphatic rings. The summed E-state index contributed by atoms with van der Waals surface area (Å²) in [6, 6.07) is 2.30. The fourth-order valence-corrected chi connectivity index (χ4v) is 1.75. The monoisotopic (exact) mass is 239 g/mol. The van der Waals surface area contributed by atoms with Crippen molar-refractivity contribution in [3.63, 3.8) is 0 Å². The number of nitriles is 1. The van der Waals surface area contributed by atoms with Gasteiger partial charge < -0.3 is 0 Å². The maximum absolute atomic E-state index is 8.90. The number of nitrogens with zero attached hydrogens (tertiary/aromatic N) is 3. The van der Waals surface area contributed by atoms with Crippen LogP contribution in [0.4, 0.5) is 0 Å².